The van der Waals surface area contributed by atoms with E-state index in [0.29, 0.717) is 6.42 Å². The van der Waals surface area contributed by atoms with Gasteiger partial charge in [-0.3, -0.25) is 14.6 Å². The lowest BCUT2D eigenvalue weighted by Gasteiger charge is -2.49. The van der Waals surface area contributed by atoms with Crippen LogP contribution in [0.25, 0.3) is 0 Å². The minimum absolute atomic E-state index is 0.141. The molecule has 0 radical (unpaired) electrons. The quantitative estimate of drug-likeness (QED) is 0.826. The third-order valence-electron chi connectivity index (χ3n) is 5.21. The van der Waals surface area contributed by atoms with Crippen molar-refractivity contribution < 1.29 is 9.21 Å². The number of hydrogen-bond donors (Lipinski definition) is 0. The van der Waals surface area contributed by atoms with Crippen LogP contribution in [0.1, 0.15) is 24.8 Å². The molecule has 3 rings (SSSR count). The highest BCUT2D eigenvalue weighted by atomic mass is 16.3. The zero-order valence-corrected chi connectivity index (χ0v) is 13.0. The van der Waals surface area contributed by atoms with E-state index >= 15 is 0 Å². The predicted molar refractivity (Wildman–Crippen MR) is 80.8 cm³/mol. The van der Waals surface area contributed by atoms with Crippen molar-refractivity contribution in [2.24, 2.45) is 0 Å². The third kappa shape index (κ3) is 2.99. The molecule has 5 nitrogen and oxygen atoms in total. The Morgan fingerprint density at radius 3 is 2.86 bits per heavy atom. The van der Waals surface area contributed by atoms with Gasteiger partial charge in [0.2, 0.25) is 5.91 Å². The van der Waals surface area contributed by atoms with Crippen LogP contribution < -0.4 is 0 Å². The second-order valence-corrected chi connectivity index (χ2v) is 6.55. The number of rotatable bonds is 2. The molecule has 2 fully saturated rings. The molecular formula is C16H25N3O2. The van der Waals surface area contributed by atoms with E-state index in [-0.39, 0.29) is 11.4 Å². The first-order chi connectivity index (χ1) is 10.1. The molecular weight excluding hydrogens is 266 g/mol. The smallest absolute Gasteiger partial charge is 0.222 e. The maximum Gasteiger partial charge on any atom is 0.222 e. The Balaban J connectivity index is 1.71. The van der Waals surface area contributed by atoms with E-state index in [0.717, 1.165) is 45.6 Å². The predicted octanol–water partition coefficient (Wildman–Crippen LogP) is 1.41. The number of piperazine rings is 1. The number of likely N-dealkylation sites (tertiary alicyclic amines) is 1. The summed E-state index contributed by atoms with van der Waals surface area (Å²) in [5.41, 5.74) is 1.37. The van der Waals surface area contributed by atoms with Crippen molar-refractivity contribution in [2.45, 2.75) is 31.3 Å². The molecule has 1 spiro atoms. The van der Waals surface area contributed by atoms with Crippen molar-refractivity contribution in [1.82, 2.24) is 14.7 Å². The van der Waals surface area contributed by atoms with Gasteiger partial charge in [0, 0.05) is 57.3 Å². The highest BCUT2D eigenvalue weighted by Crippen LogP contribution is 2.32. The molecule has 116 valence electrons. The summed E-state index contributed by atoms with van der Waals surface area (Å²) in [6.07, 6.45) is 6.26. The van der Waals surface area contributed by atoms with Gasteiger partial charge in [0.15, 0.2) is 0 Å². The van der Waals surface area contributed by atoms with Gasteiger partial charge in [0.05, 0.1) is 12.5 Å². The first-order valence-corrected chi connectivity index (χ1v) is 7.78. The molecule has 0 aliphatic carbocycles. The van der Waals surface area contributed by atoms with Crippen molar-refractivity contribution in [2.75, 3.05) is 40.3 Å². The van der Waals surface area contributed by atoms with Crippen molar-refractivity contribution in [3.8, 4) is 0 Å². The number of hydrogen-bond acceptors (Lipinski definition) is 4. The molecule has 21 heavy (non-hydrogen) atoms. The molecule has 0 aromatic carbocycles. The minimum atomic E-state index is 0.141. The number of carbonyl (C=O) groups excluding carboxylic acids is 1. The fourth-order valence-electron chi connectivity index (χ4n) is 3.62. The Labute approximate surface area is 126 Å². The second-order valence-electron chi connectivity index (χ2n) is 6.55. The van der Waals surface area contributed by atoms with Gasteiger partial charge in [0.1, 0.15) is 0 Å². The number of carbonyl (C=O) groups is 1. The Hall–Kier alpha value is -1.33. The Morgan fingerprint density at radius 1 is 1.24 bits per heavy atom. The molecule has 1 amide bonds. The highest BCUT2D eigenvalue weighted by molar-refractivity contribution is 5.76. The summed E-state index contributed by atoms with van der Waals surface area (Å²) >= 11 is 0. The molecule has 0 saturated carbocycles. The largest absolute Gasteiger partial charge is 0.472 e. The summed E-state index contributed by atoms with van der Waals surface area (Å²) in [6.45, 7) is 4.98. The molecule has 2 aliphatic heterocycles. The monoisotopic (exact) mass is 291 g/mol. The standard InChI is InChI=1S/C16H25N3O2/c1-17-7-6-16(5-3-15(17)20)13-19(9-8-18(16)2)11-14-4-10-21-12-14/h4,10,12H,3,5-9,11,13H2,1-2H3/t16-/m1/s1. The Bertz CT molecular complexity index is 488. The lowest BCUT2D eigenvalue weighted by atomic mass is 9.86. The van der Waals surface area contributed by atoms with Gasteiger partial charge < -0.3 is 9.32 Å². The Morgan fingerprint density at radius 2 is 2.10 bits per heavy atom. The van der Waals surface area contributed by atoms with E-state index in [2.05, 4.69) is 16.8 Å². The van der Waals surface area contributed by atoms with Crippen molar-refractivity contribution in [1.29, 1.82) is 0 Å². The minimum Gasteiger partial charge on any atom is -0.472 e. The van der Waals surface area contributed by atoms with Crippen LogP contribution in [0, 0.1) is 0 Å². The van der Waals surface area contributed by atoms with Gasteiger partial charge in [-0.2, -0.15) is 0 Å². The van der Waals surface area contributed by atoms with E-state index in [1.807, 2.05) is 24.3 Å². The van der Waals surface area contributed by atoms with Gasteiger partial charge in [-0.05, 0) is 26.0 Å². The zero-order valence-electron chi connectivity index (χ0n) is 13.0. The van der Waals surface area contributed by atoms with E-state index in [1.165, 1.54) is 5.56 Å². The zero-order chi connectivity index (χ0) is 14.9. The molecule has 5 heteroatoms. The molecule has 2 saturated heterocycles. The summed E-state index contributed by atoms with van der Waals surface area (Å²) in [5, 5.41) is 0. The van der Waals surface area contributed by atoms with Gasteiger partial charge in [0.25, 0.3) is 0 Å². The number of amides is 1. The fourth-order valence-corrected chi connectivity index (χ4v) is 3.62. The van der Waals surface area contributed by atoms with Gasteiger partial charge in [-0.1, -0.05) is 0 Å². The molecule has 0 unspecified atom stereocenters. The van der Waals surface area contributed by atoms with Crippen LogP contribution in [0.4, 0.5) is 0 Å². The van der Waals surface area contributed by atoms with E-state index < -0.39 is 0 Å². The summed E-state index contributed by atoms with van der Waals surface area (Å²) in [7, 11) is 4.14. The first-order valence-electron chi connectivity index (χ1n) is 7.78. The molecule has 1 aromatic heterocycles. The maximum absolute atomic E-state index is 12.0. The number of nitrogens with zero attached hydrogens (tertiary/aromatic N) is 3. The average Bonchev–Trinajstić information content (AvgIpc) is 2.94. The maximum atomic E-state index is 12.0. The Kier molecular flexibility index (Phi) is 4.04. The fraction of sp³-hybridized carbons (Fsp3) is 0.688. The molecule has 1 aromatic rings. The first kappa shape index (κ1) is 14.6. The summed E-state index contributed by atoms with van der Waals surface area (Å²) in [5.74, 6) is 0.284. The molecule has 0 bridgehead atoms. The van der Waals surface area contributed by atoms with Gasteiger partial charge >= 0.3 is 0 Å². The molecule has 3 heterocycles. The highest BCUT2D eigenvalue weighted by Gasteiger charge is 2.41. The number of furan rings is 1. The van der Waals surface area contributed by atoms with E-state index in [9.17, 15) is 4.79 Å². The lowest BCUT2D eigenvalue weighted by molar-refractivity contribution is -0.129. The topological polar surface area (TPSA) is 39.9 Å². The van der Waals surface area contributed by atoms with E-state index in [1.54, 1.807) is 6.26 Å². The van der Waals surface area contributed by atoms with Crippen molar-refractivity contribution >= 4 is 5.91 Å². The number of likely N-dealkylation sites (N-methyl/N-ethyl adjacent to an activating group) is 1. The summed E-state index contributed by atoms with van der Waals surface area (Å²) in [6, 6.07) is 2.04. The van der Waals surface area contributed by atoms with Gasteiger partial charge in [-0.25, -0.2) is 0 Å². The second kappa shape index (κ2) is 5.81. The van der Waals surface area contributed by atoms with Crippen LogP contribution in [0.5, 0.6) is 0 Å². The summed E-state index contributed by atoms with van der Waals surface area (Å²) < 4.78 is 5.17. The molecule has 0 N–H and O–H groups in total. The van der Waals surface area contributed by atoms with Crippen LogP contribution in [0.15, 0.2) is 23.0 Å². The van der Waals surface area contributed by atoms with Crippen LogP contribution in [-0.4, -0.2) is 66.4 Å². The lowest BCUT2D eigenvalue weighted by Crippen LogP contribution is -2.60. The molecule has 2 aliphatic rings. The summed E-state index contributed by atoms with van der Waals surface area (Å²) in [4.78, 5) is 18.8. The van der Waals surface area contributed by atoms with Crippen LogP contribution in [0.3, 0.4) is 0 Å². The van der Waals surface area contributed by atoms with Crippen molar-refractivity contribution in [3.63, 3.8) is 0 Å². The SMILES string of the molecule is CN1CC[C@]2(CCC1=O)CN(Cc1ccoc1)CCN2C. The van der Waals surface area contributed by atoms with E-state index in [4.69, 9.17) is 4.42 Å². The van der Waals surface area contributed by atoms with Crippen LogP contribution in [0.2, 0.25) is 0 Å². The molecule has 1 atom stereocenters. The van der Waals surface area contributed by atoms with Crippen molar-refractivity contribution in [3.05, 3.63) is 24.2 Å². The average molecular weight is 291 g/mol. The normalized spacial score (nSPS) is 29.0. The van der Waals surface area contributed by atoms with Crippen LogP contribution >= 0.6 is 0 Å². The van der Waals surface area contributed by atoms with Gasteiger partial charge in [-0.15, -0.1) is 0 Å². The third-order valence-corrected chi connectivity index (χ3v) is 5.21. The van der Waals surface area contributed by atoms with Crippen LogP contribution in [-0.2, 0) is 11.3 Å².